The molecule has 1 aliphatic rings. The van der Waals surface area contributed by atoms with Crippen molar-refractivity contribution in [1.82, 2.24) is 10.0 Å². The van der Waals surface area contributed by atoms with Crippen LogP contribution in [-0.4, -0.2) is 33.3 Å². The number of nitrogens with one attached hydrogen (secondary N) is 3. The normalized spacial score (nSPS) is 14.5. The SMILES string of the molecule is O=C(NCCNS(=O)(=O)c1cc(C(F)(F)F)cc(C(F)(F)F)c1)c1ccc(NC(=O)C2CC2)cc1. The van der Waals surface area contributed by atoms with Crippen LogP contribution in [-0.2, 0) is 27.2 Å². The molecule has 7 nitrogen and oxygen atoms in total. The summed E-state index contributed by atoms with van der Waals surface area (Å²) in [7, 11) is -4.75. The van der Waals surface area contributed by atoms with Crippen molar-refractivity contribution < 1.29 is 44.3 Å². The Labute approximate surface area is 195 Å². The zero-order valence-electron chi connectivity index (χ0n) is 17.8. The van der Waals surface area contributed by atoms with Crippen LogP contribution in [0.25, 0.3) is 0 Å². The minimum Gasteiger partial charge on any atom is -0.351 e. The van der Waals surface area contributed by atoms with Crippen LogP contribution in [0.2, 0.25) is 0 Å². The van der Waals surface area contributed by atoms with Gasteiger partial charge in [0.05, 0.1) is 16.0 Å². The molecule has 3 rings (SSSR count). The van der Waals surface area contributed by atoms with Gasteiger partial charge in [-0.25, -0.2) is 13.1 Å². The number of sulfonamides is 1. The molecule has 1 fully saturated rings. The average molecular weight is 523 g/mol. The molecule has 0 aromatic heterocycles. The van der Waals surface area contributed by atoms with E-state index in [2.05, 4.69) is 10.6 Å². The monoisotopic (exact) mass is 523 g/mol. The van der Waals surface area contributed by atoms with Crippen molar-refractivity contribution in [2.24, 2.45) is 5.92 Å². The molecule has 0 saturated heterocycles. The number of alkyl halides is 6. The number of hydrogen-bond acceptors (Lipinski definition) is 4. The number of rotatable bonds is 8. The van der Waals surface area contributed by atoms with E-state index in [0.717, 1.165) is 12.8 Å². The second-order valence-corrected chi connectivity index (χ2v) is 9.50. The number of hydrogen-bond donors (Lipinski definition) is 3. The van der Waals surface area contributed by atoms with Crippen LogP contribution in [0, 0.1) is 5.92 Å². The van der Waals surface area contributed by atoms with E-state index in [-0.39, 0.29) is 42.1 Å². The van der Waals surface area contributed by atoms with E-state index < -0.39 is 50.9 Å². The number of carbonyl (C=O) groups excluding carboxylic acids is 2. The summed E-state index contributed by atoms with van der Waals surface area (Å²) in [6, 6.07) is 5.86. The van der Waals surface area contributed by atoms with Crippen LogP contribution in [0.15, 0.2) is 47.4 Å². The van der Waals surface area contributed by atoms with Crippen molar-refractivity contribution in [3.63, 3.8) is 0 Å². The van der Waals surface area contributed by atoms with Gasteiger partial charge in [-0.15, -0.1) is 0 Å². The third kappa shape index (κ3) is 7.18. The van der Waals surface area contributed by atoms with Gasteiger partial charge in [-0.1, -0.05) is 0 Å². The molecule has 0 unspecified atom stereocenters. The first-order chi connectivity index (χ1) is 16.2. The molecule has 35 heavy (non-hydrogen) atoms. The number of halogens is 6. The summed E-state index contributed by atoms with van der Waals surface area (Å²) in [5.74, 6) is -0.724. The second kappa shape index (κ2) is 9.85. The molecule has 0 aliphatic heterocycles. The summed E-state index contributed by atoms with van der Waals surface area (Å²) in [6.45, 7) is -0.801. The standard InChI is InChI=1S/C21H19F6N3O4S/c22-20(23,24)14-9-15(21(25,26)27)11-17(10-14)35(33,34)29-8-7-28-18(31)12-3-5-16(6-4-12)30-19(32)13-1-2-13/h3-6,9-11,13,29H,1-2,7-8H2,(H,28,31)(H,30,32). The van der Waals surface area contributed by atoms with Crippen LogP contribution >= 0.6 is 0 Å². The number of benzene rings is 2. The van der Waals surface area contributed by atoms with E-state index in [1.165, 1.54) is 24.3 Å². The smallest absolute Gasteiger partial charge is 0.351 e. The second-order valence-electron chi connectivity index (χ2n) is 7.74. The predicted octanol–water partition coefficient (Wildman–Crippen LogP) is 3.78. The molecule has 0 atom stereocenters. The molecule has 0 bridgehead atoms. The molecule has 2 aromatic carbocycles. The molecule has 2 amide bonds. The van der Waals surface area contributed by atoms with Crippen molar-refractivity contribution in [3.8, 4) is 0 Å². The van der Waals surface area contributed by atoms with E-state index in [1.807, 2.05) is 4.72 Å². The van der Waals surface area contributed by atoms with Crippen LogP contribution < -0.4 is 15.4 Å². The Morgan fingerprint density at radius 1 is 0.857 bits per heavy atom. The highest BCUT2D eigenvalue weighted by Gasteiger charge is 2.38. The first-order valence-electron chi connectivity index (χ1n) is 10.1. The fraction of sp³-hybridized carbons (Fsp3) is 0.333. The summed E-state index contributed by atoms with van der Waals surface area (Å²) >= 11 is 0. The Hall–Kier alpha value is -3.13. The highest BCUT2D eigenvalue weighted by atomic mass is 32.2. The summed E-state index contributed by atoms with van der Waals surface area (Å²) in [6.07, 6.45) is -8.74. The summed E-state index contributed by atoms with van der Waals surface area (Å²) in [5, 5.41) is 5.06. The summed E-state index contributed by atoms with van der Waals surface area (Å²) in [5.41, 5.74) is -2.86. The molecule has 2 aromatic rings. The van der Waals surface area contributed by atoms with Crippen molar-refractivity contribution in [2.45, 2.75) is 30.1 Å². The fourth-order valence-corrected chi connectivity index (χ4v) is 4.02. The summed E-state index contributed by atoms with van der Waals surface area (Å²) in [4.78, 5) is 22.7. The van der Waals surface area contributed by atoms with Gasteiger partial charge in [-0.3, -0.25) is 9.59 Å². The van der Waals surface area contributed by atoms with Gasteiger partial charge in [-0.05, 0) is 55.3 Å². The van der Waals surface area contributed by atoms with Crippen molar-refractivity contribution in [1.29, 1.82) is 0 Å². The van der Waals surface area contributed by atoms with Crippen LogP contribution in [0.5, 0.6) is 0 Å². The lowest BCUT2D eigenvalue weighted by atomic mass is 10.1. The number of anilines is 1. The Bertz CT molecular complexity index is 1170. The van der Waals surface area contributed by atoms with Gasteiger partial charge in [-0.2, -0.15) is 26.3 Å². The van der Waals surface area contributed by atoms with Crippen molar-refractivity contribution >= 4 is 27.5 Å². The third-order valence-corrected chi connectivity index (χ3v) is 6.38. The van der Waals surface area contributed by atoms with E-state index in [1.54, 1.807) is 0 Å². The zero-order chi connectivity index (χ0) is 26.0. The summed E-state index contributed by atoms with van der Waals surface area (Å²) < 4.78 is 104. The fourth-order valence-electron chi connectivity index (χ4n) is 2.92. The molecule has 3 N–H and O–H groups in total. The minimum absolute atomic E-state index is 0.00209. The quantitative estimate of drug-likeness (QED) is 0.362. The first kappa shape index (κ1) is 26.5. The molecule has 1 saturated carbocycles. The third-order valence-electron chi connectivity index (χ3n) is 4.94. The van der Waals surface area contributed by atoms with Gasteiger partial charge in [0.25, 0.3) is 5.91 Å². The number of carbonyl (C=O) groups is 2. The molecule has 0 radical (unpaired) electrons. The zero-order valence-corrected chi connectivity index (χ0v) is 18.6. The molecule has 0 spiro atoms. The van der Waals surface area contributed by atoms with E-state index in [0.29, 0.717) is 5.69 Å². The van der Waals surface area contributed by atoms with Gasteiger partial charge >= 0.3 is 12.4 Å². The Morgan fingerprint density at radius 3 is 1.89 bits per heavy atom. The Kier molecular flexibility index (Phi) is 7.45. The van der Waals surface area contributed by atoms with E-state index >= 15 is 0 Å². The van der Waals surface area contributed by atoms with Crippen LogP contribution in [0.1, 0.15) is 34.3 Å². The molecule has 1 aliphatic carbocycles. The maximum absolute atomic E-state index is 13.0. The minimum atomic E-state index is -5.20. The highest BCUT2D eigenvalue weighted by molar-refractivity contribution is 7.89. The van der Waals surface area contributed by atoms with Crippen molar-refractivity contribution in [2.75, 3.05) is 18.4 Å². The van der Waals surface area contributed by atoms with Gasteiger partial charge in [0.2, 0.25) is 15.9 Å². The van der Waals surface area contributed by atoms with Crippen molar-refractivity contribution in [3.05, 3.63) is 59.2 Å². The van der Waals surface area contributed by atoms with Crippen LogP contribution in [0.3, 0.4) is 0 Å². The Morgan fingerprint density at radius 2 is 1.40 bits per heavy atom. The first-order valence-corrected chi connectivity index (χ1v) is 11.6. The maximum Gasteiger partial charge on any atom is 0.416 e. The lowest BCUT2D eigenvalue weighted by molar-refractivity contribution is -0.143. The molecule has 0 heterocycles. The Balaban J connectivity index is 1.58. The van der Waals surface area contributed by atoms with Crippen LogP contribution in [0.4, 0.5) is 32.0 Å². The molecular formula is C21H19F6N3O4S. The predicted molar refractivity (Wildman–Crippen MR) is 112 cm³/mol. The largest absolute Gasteiger partial charge is 0.416 e. The van der Waals surface area contributed by atoms with E-state index in [9.17, 15) is 44.3 Å². The maximum atomic E-state index is 13.0. The van der Waals surface area contributed by atoms with Gasteiger partial charge in [0, 0.05) is 30.3 Å². The molecule has 14 heteroatoms. The molecular weight excluding hydrogens is 504 g/mol. The van der Waals surface area contributed by atoms with Gasteiger partial charge in [0.15, 0.2) is 0 Å². The topological polar surface area (TPSA) is 104 Å². The van der Waals surface area contributed by atoms with E-state index in [4.69, 9.17) is 0 Å². The lowest BCUT2D eigenvalue weighted by Gasteiger charge is -2.15. The highest BCUT2D eigenvalue weighted by Crippen LogP contribution is 2.37. The average Bonchev–Trinajstić information content (AvgIpc) is 3.61. The number of amides is 2. The molecule has 190 valence electrons. The lowest BCUT2D eigenvalue weighted by Crippen LogP contribution is -2.35. The van der Waals surface area contributed by atoms with Gasteiger partial charge in [0.1, 0.15) is 0 Å². The van der Waals surface area contributed by atoms with Gasteiger partial charge < -0.3 is 10.6 Å².